The lowest BCUT2D eigenvalue weighted by Gasteiger charge is -2.19. The van der Waals surface area contributed by atoms with Gasteiger partial charge in [0.1, 0.15) is 0 Å². The zero-order valence-electron chi connectivity index (χ0n) is 10.1. The van der Waals surface area contributed by atoms with Gasteiger partial charge in [0.05, 0.1) is 0 Å². The van der Waals surface area contributed by atoms with Gasteiger partial charge < -0.3 is 16.4 Å². The molecule has 0 radical (unpaired) electrons. The molecule has 4 N–H and O–H groups in total. The van der Waals surface area contributed by atoms with E-state index < -0.39 is 0 Å². The molecule has 1 aliphatic heterocycles. The highest BCUT2D eigenvalue weighted by molar-refractivity contribution is 5.96. The first-order valence-corrected chi connectivity index (χ1v) is 5.95. The Morgan fingerprint density at radius 3 is 2.71 bits per heavy atom. The van der Waals surface area contributed by atoms with Gasteiger partial charge in [-0.2, -0.15) is 0 Å². The van der Waals surface area contributed by atoms with Gasteiger partial charge in [-0.15, -0.1) is 0 Å². The van der Waals surface area contributed by atoms with Gasteiger partial charge in [-0.25, -0.2) is 0 Å². The third-order valence-corrected chi connectivity index (χ3v) is 3.33. The number of hydrogen-bond donors (Lipinski definition) is 2. The monoisotopic (exact) mass is 233 g/mol. The second-order valence-corrected chi connectivity index (χ2v) is 4.64. The van der Waals surface area contributed by atoms with Gasteiger partial charge in [-0.3, -0.25) is 4.79 Å². The van der Waals surface area contributed by atoms with Gasteiger partial charge in [-0.05, 0) is 36.6 Å². The largest absolute Gasteiger partial charge is 0.330 e. The third-order valence-electron chi connectivity index (χ3n) is 3.33. The van der Waals surface area contributed by atoms with Crippen LogP contribution in [0.2, 0.25) is 0 Å². The molecule has 0 saturated carbocycles. The van der Waals surface area contributed by atoms with E-state index in [1.165, 1.54) is 0 Å². The fraction of sp³-hybridized carbons (Fsp3) is 0.462. The van der Waals surface area contributed by atoms with Gasteiger partial charge in [0.2, 0.25) is 5.91 Å². The number of aryl methyl sites for hydroxylation is 1. The number of nitrogens with zero attached hydrogens (tertiary/aromatic N) is 1. The van der Waals surface area contributed by atoms with Gasteiger partial charge in [0, 0.05) is 25.2 Å². The van der Waals surface area contributed by atoms with Crippen molar-refractivity contribution < 1.29 is 4.79 Å². The lowest BCUT2D eigenvalue weighted by atomic mass is 10.1. The lowest BCUT2D eigenvalue weighted by molar-refractivity contribution is -0.117. The number of benzene rings is 1. The van der Waals surface area contributed by atoms with Crippen LogP contribution in [0.4, 0.5) is 5.69 Å². The van der Waals surface area contributed by atoms with Crippen LogP contribution in [0.1, 0.15) is 17.5 Å². The normalized spacial score (nSPS) is 20.1. The van der Waals surface area contributed by atoms with Gasteiger partial charge in [-0.1, -0.05) is 12.1 Å². The molecule has 0 bridgehead atoms. The Morgan fingerprint density at radius 2 is 2.18 bits per heavy atom. The molecule has 0 aliphatic carbocycles. The van der Waals surface area contributed by atoms with Crippen LogP contribution in [0.3, 0.4) is 0 Å². The Hall–Kier alpha value is -1.39. The van der Waals surface area contributed by atoms with E-state index in [0.29, 0.717) is 19.5 Å². The summed E-state index contributed by atoms with van der Waals surface area (Å²) in [4.78, 5) is 13.7. The van der Waals surface area contributed by atoms with Crippen LogP contribution in [-0.2, 0) is 11.3 Å². The molecule has 1 amide bonds. The van der Waals surface area contributed by atoms with E-state index in [9.17, 15) is 4.79 Å². The van der Waals surface area contributed by atoms with Crippen molar-refractivity contribution in [2.45, 2.75) is 19.9 Å². The molecule has 1 aromatic rings. The van der Waals surface area contributed by atoms with Crippen molar-refractivity contribution in [3.05, 3.63) is 29.3 Å². The quantitative estimate of drug-likeness (QED) is 0.809. The van der Waals surface area contributed by atoms with E-state index in [1.807, 2.05) is 30.0 Å². The summed E-state index contributed by atoms with van der Waals surface area (Å²) >= 11 is 0. The minimum absolute atomic E-state index is 0.170. The van der Waals surface area contributed by atoms with Crippen LogP contribution < -0.4 is 16.4 Å². The van der Waals surface area contributed by atoms with Crippen molar-refractivity contribution in [2.24, 2.45) is 17.4 Å². The molecule has 1 heterocycles. The van der Waals surface area contributed by atoms with E-state index in [0.717, 1.165) is 23.4 Å². The molecule has 1 saturated heterocycles. The molecule has 4 heteroatoms. The molecule has 1 atom stereocenters. The highest BCUT2D eigenvalue weighted by Gasteiger charge is 2.30. The summed E-state index contributed by atoms with van der Waals surface area (Å²) in [5.74, 6) is 0.458. The minimum atomic E-state index is 0.170. The Balaban J connectivity index is 2.26. The molecule has 92 valence electrons. The first-order valence-electron chi connectivity index (χ1n) is 5.95. The molecule has 1 aromatic carbocycles. The zero-order chi connectivity index (χ0) is 12.4. The Bertz CT molecular complexity index is 431. The van der Waals surface area contributed by atoms with Crippen LogP contribution >= 0.6 is 0 Å². The van der Waals surface area contributed by atoms with Crippen LogP contribution in [0.15, 0.2) is 18.2 Å². The molecule has 1 unspecified atom stereocenters. The van der Waals surface area contributed by atoms with E-state index in [4.69, 9.17) is 11.5 Å². The topological polar surface area (TPSA) is 72.3 Å². The van der Waals surface area contributed by atoms with E-state index in [1.54, 1.807) is 0 Å². The molecular weight excluding hydrogens is 214 g/mol. The number of hydrogen-bond acceptors (Lipinski definition) is 3. The number of carbonyl (C=O) groups is 1. The first-order chi connectivity index (χ1) is 8.15. The molecule has 1 fully saturated rings. The Labute approximate surface area is 102 Å². The standard InChI is InChI=1S/C13H19N3O/c1-9-4-10(6-14)2-3-12(9)16-8-11(7-15)5-13(16)17/h2-4,11H,5-8,14-15H2,1H3. The minimum Gasteiger partial charge on any atom is -0.330 e. The average molecular weight is 233 g/mol. The molecule has 4 nitrogen and oxygen atoms in total. The predicted molar refractivity (Wildman–Crippen MR) is 68.6 cm³/mol. The highest BCUT2D eigenvalue weighted by Crippen LogP contribution is 2.28. The van der Waals surface area contributed by atoms with Crippen molar-refractivity contribution in [2.75, 3.05) is 18.0 Å². The van der Waals surface area contributed by atoms with E-state index in [-0.39, 0.29) is 11.8 Å². The molecular formula is C13H19N3O. The van der Waals surface area contributed by atoms with Crippen molar-refractivity contribution in [3.63, 3.8) is 0 Å². The summed E-state index contributed by atoms with van der Waals surface area (Å²) < 4.78 is 0. The summed E-state index contributed by atoms with van der Waals surface area (Å²) in [6.45, 7) is 3.85. The van der Waals surface area contributed by atoms with Crippen molar-refractivity contribution in [3.8, 4) is 0 Å². The fourth-order valence-corrected chi connectivity index (χ4v) is 2.32. The molecule has 0 aromatic heterocycles. The number of nitrogens with two attached hydrogens (primary N) is 2. The van der Waals surface area contributed by atoms with Crippen LogP contribution in [0, 0.1) is 12.8 Å². The molecule has 17 heavy (non-hydrogen) atoms. The average Bonchev–Trinajstić information content (AvgIpc) is 2.70. The van der Waals surface area contributed by atoms with Crippen molar-refractivity contribution in [1.82, 2.24) is 0 Å². The number of anilines is 1. The second-order valence-electron chi connectivity index (χ2n) is 4.64. The summed E-state index contributed by atoms with van der Waals surface area (Å²) in [5, 5.41) is 0. The zero-order valence-corrected chi connectivity index (χ0v) is 10.1. The van der Waals surface area contributed by atoms with Crippen molar-refractivity contribution in [1.29, 1.82) is 0 Å². The third kappa shape index (κ3) is 2.33. The predicted octanol–water partition coefficient (Wildman–Crippen LogP) is 0.765. The lowest BCUT2D eigenvalue weighted by Crippen LogP contribution is -2.26. The Morgan fingerprint density at radius 1 is 1.41 bits per heavy atom. The smallest absolute Gasteiger partial charge is 0.227 e. The molecule has 2 rings (SSSR count). The maximum atomic E-state index is 11.9. The SMILES string of the molecule is Cc1cc(CN)ccc1N1CC(CN)CC1=O. The summed E-state index contributed by atoms with van der Waals surface area (Å²) in [7, 11) is 0. The van der Waals surface area contributed by atoms with Gasteiger partial charge in [0.15, 0.2) is 0 Å². The van der Waals surface area contributed by atoms with Crippen LogP contribution in [0.25, 0.3) is 0 Å². The van der Waals surface area contributed by atoms with E-state index >= 15 is 0 Å². The number of amides is 1. The maximum absolute atomic E-state index is 11.9. The summed E-state index contributed by atoms with van der Waals surface area (Å²) in [5.41, 5.74) is 14.4. The molecule has 1 aliphatic rings. The first kappa shape index (κ1) is 12.1. The van der Waals surface area contributed by atoms with Crippen LogP contribution in [0.5, 0.6) is 0 Å². The van der Waals surface area contributed by atoms with Gasteiger partial charge >= 0.3 is 0 Å². The molecule has 0 spiro atoms. The summed E-state index contributed by atoms with van der Waals surface area (Å²) in [6, 6.07) is 6.00. The van der Waals surface area contributed by atoms with Gasteiger partial charge in [0.25, 0.3) is 0 Å². The number of carbonyl (C=O) groups excluding carboxylic acids is 1. The Kier molecular flexibility index (Phi) is 3.45. The van der Waals surface area contributed by atoms with Crippen molar-refractivity contribution >= 4 is 11.6 Å². The second kappa shape index (κ2) is 4.85. The fourth-order valence-electron chi connectivity index (χ4n) is 2.32. The van der Waals surface area contributed by atoms with Crippen LogP contribution in [-0.4, -0.2) is 19.0 Å². The van der Waals surface area contributed by atoms with E-state index in [2.05, 4.69) is 0 Å². The highest BCUT2D eigenvalue weighted by atomic mass is 16.2. The number of rotatable bonds is 3. The maximum Gasteiger partial charge on any atom is 0.227 e. The summed E-state index contributed by atoms with van der Waals surface area (Å²) in [6.07, 6.45) is 0.564.